The Hall–Kier alpha value is -1.16. The first-order valence-corrected chi connectivity index (χ1v) is 6.81. The van der Waals surface area contributed by atoms with Crippen molar-refractivity contribution < 1.29 is 14.7 Å². The van der Waals surface area contributed by atoms with Gasteiger partial charge in [0.15, 0.2) is 5.78 Å². The number of halogens is 3. The van der Waals surface area contributed by atoms with Crippen molar-refractivity contribution in [2.75, 3.05) is 13.1 Å². The number of ketones is 1. The first-order chi connectivity index (χ1) is 9.18. The Morgan fingerprint density at radius 3 is 2.15 bits per heavy atom. The molecule has 0 bridgehead atoms. The van der Waals surface area contributed by atoms with Crippen molar-refractivity contribution in [1.29, 1.82) is 5.26 Å². The number of carbonyl (C=O) groups is 2. The van der Waals surface area contributed by atoms with Gasteiger partial charge in [0.05, 0.1) is 5.70 Å². The van der Waals surface area contributed by atoms with E-state index in [1.54, 1.807) is 6.07 Å². The van der Waals surface area contributed by atoms with Crippen LogP contribution in [0.5, 0.6) is 0 Å². The fourth-order valence-electron chi connectivity index (χ4n) is 1.93. The Balaban J connectivity index is 2.86. The van der Waals surface area contributed by atoms with Gasteiger partial charge in [-0.1, -0.05) is 34.8 Å². The minimum absolute atomic E-state index is 0.220. The molecule has 3 N–H and O–H groups in total. The number of alkyl halides is 3. The van der Waals surface area contributed by atoms with E-state index >= 15 is 0 Å². The summed E-state index contributed by atoms with van der Waals surface area (Å²) in [6.45, 7) is 0.441. The highest BCUT2D eigenvalue weighted by Crippen LogP contribution is 2.34. The summed E-state index contributed by atoms with van der Waals surface area (Å²) >= 11 is 16.7. The van der Waals surface area contributed by atoms with E-state index in [1.807, 2.05) is 0 Å². The molecule has 1 fully saturated rings. The number of hydrogen-bond donors (Lipinski definition) is 2. The van der Waals surface area contributed by atoms with Crippen LogP contribution in [0.25, 0.3) is 0 Å². The van der Waals surface area contributed by atoms with Gasteiger partial charge in [0, 0.05) is 19.0 Å². The molecule has 0 saturated carbocycles. The predicted octanol–water partition coefficient (Wildman–Crippen LogP) is 2.05. The quantitative estimate of drug-likeness (QED) is 0.454. The van der Waals surface area contributed by atoms with Gasteiger partial charge in [-0.25, -0.2) is 4.79 Å². The summed E-state index contributed by atoms with van der Waals surface area (Å²) in [5, 5.41) is 17.8. The number of nitrogens with zero attached hydrogens (tertiary/aromatic N) is 2. The van der Waals surface area contributed by atoms with Crippen LogP contribution in [0.1, 0.15) is 12.8 Å². The van der Waals surface area contributed by atoms with Gasteiger partial charge in [0.1, 0.15) is 11.6 Å². The van der Waals surface area contributed by atoms with Gasteiger partial charge in [-0.3, -0.25) is 4.79 Å². The highest BCUT2D eigenvalue weighted by Gasteiger charge is 2.34. The number of carbonyl (C=O) groups excluding carboxylic acids is 1. The minimum atomic E-state index is -2.03. The van der Waals surface area contributed by atoms with Crippen molar-refractivity contribution in [2.45, 2.75) is 16.6 Å². The number of nitriles is 1. The number of likely N-dealkylation sites (tertiary alicyclic amines) is 1. The van der Waals surface area contributed by atoms with E-state index in [0.29, 0.717) is 12.8 Å². The highest BCUT2D eigenvalue weighted by atomic mass is 35.6. The number of Topliss-reactive ketones (excluding diaryl/α,β-unsaturated/α-hetero) is 1. The normalized spacial score (nSPS) is 18.2. The highest BCUT2D eigenvalue weighted by molar-refractivity contribution is 6.69. The van der Waals surface area contributed by atoms with Crippen LogP contribution < -0.4 is 5.73 Å². The SMILES string of the molecule is N#C/C(C(=O)C1CCN(C(=O)O)CC1)=C(/N)C(Cl)(Cl)Cl. The fourth-order valence-corrected chi connectivity index (χ4v) is 2.21. The molecule has 1 heterocycles. The smallest absolute Gasteiger partial charge is 0.407 e. The maximum atomic E-state index is 12.2. The van der Waals surface area contributed by atoms with Crippen LogP contribution >= 0.6 is 34.8 Å². The van der Waals surface area contributed by atoms with Crippen molar-refractivity contribution in [3.8, 4) is 6.07 Å². The largest absolute Gasteiger partial charge is 0.465 e. The zero-order valence-electron chi connectivity index (χ0n) is 10.3. The molecule has 0 aliphatic carbocycles. The van der Waals surface area contributed by atoms with Gasteiger partial charge >= 0.3 is 6.09 Å². The van der Waals surface area contributed by atoms with Crippen molar-refractivity contribution in [1.82, 2.24) is 4.90 Å². The summed E-state index contributed by atoms with van der Waals surface area (Å²) in [5.41, 5.74) is 4.74. The fraction of sp³-hybridized carbons (Fsp3) is 0.545. The lowest BCUT2D eigenvalue weighted by atomic mass is 9.88. The molecule has 1 rings (SSSR count). The lowest BCUT2D eigenvalue weighted by Crippen LogP contribution is -2.40. The van der Waals surface area contributed by atoms with E-state index in [0.717, 1.165) is 0 Å². The molecule has 6 nitrogen and oxygen atoms in total. The molecule has 1 aliphatic heterocycles. The molecule has 0 aromatic heterocycles. The molecule has 0 aromatic rings. The molecule has 0 atom stereocenters. The standard InChI is InChI=1S/C11H12Cl3N3O3/c12-11(13,14)9(16)7(5-15)8(18)6-1-3-17(4-2-6)10(19)20/h6H,1-4,16H2,(H,19,20)/b9-7-. The number of nitrogens with two attached hydrogens (primary N) is 1. The molecule has 0 aromatic carbocycles. The second kappa shape index (κ2) is 6.53. The number of carboxylic acid groups (broad SMARTS) is 1. The molecule has 0 radical (unpaired) electrons. The zero-order valence-corrected chi connectivity index (χ0v) is 12.5. The molecule has 1 aliphatic rings. The number of rotatable bonds is 2. The van der Waals surface area contributed by atoms with Crippen LogP contribution in [0.2, 0.25) is 0 Å². The lowest BCUT2D eigenvalue weighted by molar-refractivity contribution is -0.120. The summed E-state index contributed by atoms with van der Waals surface area (Å²) in [5.74, 6) is -1.01. The van der Waals surface area contributed by atoms with Gasteiger partial charge in [0.2, 0.25) is 3.79 Å². The minimum Gasteiger partial charge on any atom is -0.465 e. The maximum absolute atomic E-state index is 12.2. The first-order valence-electron chi connectivity index (χ1n) is 5.67. The third-order valence-electron chi connectivity index (χ3n) is 3.07. The van der Waals surface area contributed by atoms with Crippen molar-refractivity contribution in [2.24, 2.45) is 11.7 Å². The van der Waals surface area contributed by atoms with E-state index in [-0.39, 0.29) is 18.7 Å². The molecular weight excluding hydrogens is 328 g/mol. The van der Waals surface area contributed by atoms with Gasteiger partial charge in [-0.2, -0.15) is 5.26 Å². The summed E-state index contributed by atoms with van der Waals surface area (Å²) in [6, 6.07) is 1.66. The van der Waals surface area contributed by atoms with Gasteiger partial charge < -0.3 is 15.7 Å². The van der Waals surface area contributed by atoms with Crippen LogP contribution in [0.3, 0.4) is 0 Å². The van der Waals surface area contributed by atoms with Crippen LogP contribution in [-0.2, 0) is 4.79 Å². The van der Waals surface area contributed by atoms with E-state index in [1.165, 1.54) is 4.90 Å². The molecule has 1 saturated heterocycles. The Kier molecular flexibility index (Phi) is 5.51. The molecular formula is C11H12Cl3N3O3. The first kappa shape index (κ1) is 16.9. The molecule has 0 unspecified atom stereocenters. The number of piperidine rings is 1. The van der Waals surface area contributed by atoms with Gasteiger partial charge in [0.25, 0.3) is 0 Å². The number of hydrogen-bond acceptors (Lipinski definition) is 4. The second-order valence-electron chi connectivity index (χ2n) is 4.31. The average molecular weight is 341 g/mol. The topological polar surface area (TPSA) is 107 Å². The van der Waals surface area contributed by atoms with Crippen LogP contribution in [0, 0.1) is 17.2 Å². The molecule has 110 valence electrons. The summed E-state index contributed by atoms with van der Waals surface area (Å²) in [4.78, 5) is 24.2. The Bertz CT molecular complexity index is 485. The summed E-state index contributed by atoms with van der Waals surface area (Å²) < 4.78 is -2.03. The molecule has 9 heteroatoms. The van der Waals surface area contributed by atoms with E-state index in [2.05, 4.69) is 0 Å². The lowest BCUT2D eigenvalue weighted by Gasteiger charge is -2.29. The van der Waals surface area contributed by atoms with E-state index < -0.39 is 27.3 Å². The molecule has 20 heavy (non-hydrogen) atoms. The Morgan fingerprint density at radius 1 is 1.30 bits per heavy atom. The van der Waals surface area contributed by atoms with Gasteiger partial charge in [-0.05, 0) is 12.8 Å². The van der Waals surface area contributed by atoms with E-state index in [9.17, 15) is 9.59 Å². The van der Waals surface area contributed by atoms with E-state index in [4.69, 9.17) is 50.9 Å². The third-order valence-corrected chi connectivity index (χ3v) is 3.68. The Labute approximate surface area is 130 Å². The monoisotopic (exact) mass is 339 g/mol. The maximum Gasteiger partial charge on any atom is 0.407 e. The zero-order chi connectivity index (χ0) is 15.5. The van der Waals surface area contributed by atoms with Crippen molar-refractivity contribution >= 4 is 46.7 Å². The summed E-state index contributed by atoms with van der Waals surface area (Å²) in [7, 11) is 0. The van der Waals surface area contributed by atoms with Gasteiger partial charge in [-0.15, -0.1) is 0 Å². The van der Waals surface area contributed by atoms with Crippen LogP contribution in [0.4, 0.5) is 4.79 Å². The average Bonchev–Trinajstić information content (AvgIpc) is 2.38. The predicted molar refractivity (Wildman–Crippen MR) is 74.4 cm³/mol. The van der Waals surface area contributed by atoms with Crippen molar-refractivity contribution in [3.63, 3.8) is 0 Å². The molecule has 0 spiro atoms. The summed E-state index contributed by atoms with van der Waals surface area (Å²) in [6.07, 6.45) is -0.417. The second-order valence-corrected chi connectivity index (χ2v) is 6.59. The van der Waals surface area contributed by atoms with Crippen molar-refractivity contribution in [3.05, 3.63) is 11.3 Å². The van der Waals surface area contributed by atoms with Crippen LogP contribution in [0.15, 0.2) is 11.3 Å². The van der Waals surface area contributed by atoms with Crippen LogP contribution in [-0.4, -0.2) is 38.8 Å². The number of allylic oxidation sites excluding steroid dienone is 2. The third kappa shape index (κ3) is 3.92. The Morgan fingerprint density at radius 2 is 1.80 bits per heavy atom. The molecule has 1 amide bonds. The number of amides is 1.